The number of aromatic nitrogens is 1. The molecule has 1 saturated heterocycles. The number of rotatable bonds is 5. The van der Waals surface area contributed by atoms with Crippen LogP contribution in [-0.4, -0.2) is 23.6 Å². The van der Waals surface area contributed by atoms with E-state index < -0.39 is 0 Å². The minimum absolute atomic E-state index is 0.644. The molecule has 1 aromatic rings. The second kappa shape index (κ2) is 7.94. The fourth-order valence-corrected chi connectivity index (χ4v) is 3.92. The van der Waals surface area contributed by atoms with Gasteiger partial charge in [0.25, 0.3) is 0 Å². The van der Waals surface area contributed by atoms with Crippen molar-refractivity contribution in [3.63, 3.8) is 0 Å². The lowest BCUT2D eigenvalue weighted by molar-refractivity contribution is 0.0850. The summed E-state index contributed by atoms with van der Waals surface area (Å²) >= 11 is 1.27. The Kier molecular flexibility index (Phi) is 6.24. The summed E-state index contributed by atoms with van der Waals surface area (Å²) in [4.78, 5) is 4.82. The molecule has 0 bridgehead atoms. The Balaban J connectivity index is 2.13. The van der Waals surface area contributed by atoms with E-state index in [1.807, 2.05) is 0 Å². The van der Waals surface area contributed by atoms with E-state index >= 15 is 0 Å². The Morgan fingerprint density at radius 2 is 2.10 bits per heavy atom. The lowest BCUT2D eigenvalue weighted by Gasteiger charge is -2.25. The van der Waals surface area contributed by atoms with Gasteiger partial charge in [0.1, 0.15) is 0 Å². The summed E-state index contributed by atoms with van der Waals surface area (Å²) in [5, 5.41) is 3.55. The molecule has 2 nitrogen and oxygen atoms in total. The van der Waals surface area contributed by atoms with Crippen molar-refractivity contribution >= 4 is 16.7 Å². The molecule has 0 unspecified atom stereocenters. The quantitative estimate of drug-likeness (QED) is 0.493. The van der Waals surface area contributed by atoms with Crippen LogP contribution in [0.2, 0.25) is 0 Å². The summed E-state index contributed by atoms with van der Waals surface area (Å²) < 4.78 is 5.47. The van der Waals surface area contributed by atoms with Crippen molar-refractivity contribution in [3.05, 3.63) is 22.9 Å². The molecule has 0 amide bonds. The van der Waals surface area contributed by atoms with Gasteiger partial charge in [-0.05, 0) is 62.6 Å². The molecule has 0 aromatic carbocycles. The fraction of sp³-hybridized carbons (Fsp3) is 0.647. The van der Waals surface area contributed by atoms with Crippen LogP contribution >= 0.6 is 11.4 Å². The van der Waals surface area contributed by atoms with Crippen LogP contribution in [0.25, 0.3) is 0 Å². The molecular formula is C17H27NOS. The number of unbranched alkanes of at least 4 members (excludes halogenated alkanes) is 2. The van der Waals surface area contributed by atoms with Crippen molar-refractivity contribution in [3.8, 4) is 0 Å². The number of pyridine rings is 1. The molecule has 1 fully saturated rings. The van der Waals surface area contributed by atoms with Gasteiger partial charge in [-0.2, -0.15) is 11.4 Å². The Labute approximate surface area is 126 Å². The van der Waals surface area contributed by atoms with Gasteiger partial charge in [-0.1, -0.05) is 18.7 Å². The first-order valence-electron chi connectivity index (χ1n) is 7.80. The molecule has 0 radical (unpaired) electrons. The SMILES string of the molecule is CCCC/C=[SH]/c1cc(C)c(C2CCOCC2)c(C)n1. The number of hydrogen-bond donors (Lipinski definition) is 1. The third-order valence-electron chi connectivity index (χ3n) is 3.98. The summed E-state index contributed by atoms with van der Waals surface area (Å²) in [7, 11) is 0. The molecule has 0 aliphatic carbocycles. The van der Waals surface area contributed by atoms with E-state index in [9.17, 15) is 0 Å². The van der Waals surface area contributed by atoms with Crippen molar-refractivity contribution in [1.82, 2.24) is 4.98 Å². The van der Waals surface area contributed by atoms with Crippen LogP contribution < -0.4 is 0 Å². The van der Waals surface area contributed by atoms with Crippen molar-refractivity contribution in [2.75, 3.05) is 13.2 Å². The van der Waals surface area contributed by atoms with Gasteiger partial charge in [0.15, 0.2) is 0 Å². The van der Waals surface area contributed by atoms with Crippen LogP contribution in [0.1, 0.15) is 61.8 Å². The van der Waals surface area contributed by atoms with E-state index in [1.165, 1.54) is 52.5 Å². The highest BCUT2D eigenvalue weighted by Crippen LogP contribution is 2.32. The largest absolute Gasteiger partial charge is 0.381 e. The molecule has 2 heterocycles. The summed E-state index contributed by atoms with van der Waals surface area (Å²) in [6.07, 6.45) is 6.02. The highest BCUT2D eigenvalue weighted by atomic mass is 32.1. The normalized spacial score (nSPS) is 17.4. The minimum atomic E-state index is 0.644. The third kappa shape index (κ3) is 4.16. The molecule has 112 valence electrons. The molecule has 20 heavy (non-hydrogen) atoms. The van der Waals surface area contributed by atoms with Crippen molar-refractivity contribution in [2.24, 2.45) is 0 Å². The van der Waals surface area contributed by atoms with Crippen LogP contribution in [0.15, 0.2) is 11.1 Å². The first-order chi connectivity index (χ1) is 9.72. The number of hydrogen-bond acceptors (Lipinski definition) is 2. The Bertz CT molecular complexity index is 441. The predicted octanol–water partition coefficient (Wildman–Crippen LogP) is 4.41. The van der Waals surface area contributed by atoms with Crippen LogP contribution in [0, 0.1) is 13.8 Å². The Morgan fingerprint density at radius 1 is 1.35 bits per heavy atom. The van der Waals surface area contributed by atoms with E-state index in [1.54, 1.807) is 0 Å². The smallest absolute Gasteiger partial charge is 0.0880 e. The van der Waals surface area contributed by atoms with Gasteiger partial charge in [0.05, 0.1) is 5.03 Å². The maximum atomic E-state index is 5.47. The molecule has 1 aliphatic rings. The van der Waals surface area contributed by atoms with E-state index in [-0.39, 0.29) is 0 Å². The van der Waals surface area contributed by atoms with Gasteiger partial charge in [0, 0.05) is 18.9 Å². The van der Waals surface area contributed by atoms with Crippen molar-refractivity contribution in [2.45, 2.75) is 63.8 Å². The van der Waals surface area contributed by atoms with Gasteiger partial charge in [-0.3, -0.25) is 0 Å². The minimum Gasteiger partial charge on any atom is -0.381 e. The van der Waals surface area contributed by atoms with Gasteiger partial charge < -0.3 is 4.74 Å². The number of aryl methyl sites for hydroxylation is 2. The lowest BCUT2D eigenvalue weighted by Crippen LogP contribution is -2.16. The molecule has 0 atom stereocenters. The Morgan fingerprint density at radius 3 is 2.75 bits per heavy atom. The second-order valence-electron chi connectivity index (χ2n) is 5.64. The molecule has 0 saturated carbocycles. The van der Waals surface area contributed by atoms with E-state index in [0.717, 1.165) is 26.1 Å². The summed E-state index contributed by atoms with van der Waals surface area (Å²) in [6, 6.07) is 2.28. The predicted molar refractivity (Wildman–Crippen MR) is 89.3 cm³/mol. The molecule has 0 N–H and O–H groups in total. The molecule has 2 rings (SSSR count). The molecular weight excluding hydrogens is 266 g/mol. The van der Waals surface area contributed by atoms with E-state index in [4.69, 9.17) is 9.72 Å². The third-order valence-corrected chi connectivity index (χ3v) is 4.92. The zero-order valence-electron chi connectivity index (χ0n) is 13.0. The highest BCUT2D eigenvalue weighted by molar-refractivity contribution is 7.97. The fourth-order valence-electron chi connectivity index (χ4n) is 2.94. The maximum absolute atomic E-state index is 5.47. The van der Waals surface area contributed by atoms with Gasteiger partial charge in [0.2, 0.25) is 0 Å². The van der Waals surface area contributed by atoms with Crippen LogP contribution in [0.5, 0.6) is 0 Å². The topological polar surface area (TPSA) is 22.1 Å². The second-order valence-corrected chi connectivity index (χ2v) is 6.72. The summed E-state index contributed by atoms with van der Waals surface area (Å²) in [5.41, 5.74) is 4.11. The Hall–Kier alpha value is -0.670. The standard InChI is InChI=1S/C17H27NOS/c1-4-5-6-11-20-16-12-13(2)17(14(3)18-16)15-7-9-19-10-8-15/h11-12,15,20H,4-10H2,1-3H3. The average molecular weight is 293 g/mol. The van der Waals surface area contributed by atoms with Gasteiger partial charge in [-0.15, -0.1) is 0 Å². The monoisotopic (exact) mass is 293 g/mol. The van der Waals surface area contributed by atoms with Gasteiger partial charge in [-0.25, -0.2) is 4.98 Å². The highest BCUT2D eigenvalue weighted by Gasteiger charge is 2.20. The van der Waals surface area contributed by atoms with Crippen molar-refractivity contribution in [1.29, 1.82) is 0 Å². The summed E-state index contributed by atoms with van der Waals surface area (Å²) in [5.74, 6) is 0.644. The number of nitrogens with zero attached hydrogens (tertiary/aromatic N) is 1. The molecule has 0 spiro atoms. The first kappa shape index (κ1) is 15.7. The maximum Gasteiger partial charge on any atom is 0.0880 e. The van der Waals surface area contributed by atoms with Crippen LogP contribution in [0.3, 0.4) is 0 Å². The van der Waals surface area contributed by atoms with Crippen LogP contribution in [0.4, 0.5) is 0 Å². The average Bonchev–Trinajstić information content (AvgIpc) is 2.44. The zero-order valence-corrected chi connectivity index (χ0v) is 13.9. The lowest BCUT2D eigenvalue weighted by atomic mass is 9.88. The first-order valence-corrected chi connectivity index (χ1v) is 8.77. The molecule has 1 aromatic heterocycles. The molecule has 1 aliphatic heterocycles. The van der Waals surface area contributed by atoms with E-state index in [2.05, 4.69) is 32.2 Å². The van der Waals surface area contributed by atoms with Gasteiger partial charge >= 0.3 is 0 Å². The zero-order chi connectivity index (χ0) is 14.4. The number of thiol groups is 1. The number of ether oxygens (including phenoxy) is 1. The van der Waals surface area contributed by atoms with Crippen LogP contribution in [-0.2, 0) is 4.74 Å². The molecule has 3 heteroatoms. The van der Waals surface area contributed by atoms with Crippen molar-refractivity contribution < 1.29 is 4.74 Å². The van der Waals surface area contributed by atoms with E-state index in [0.29, 0.717) is 5.92 Å². The summed E-state index contributed by atoms with van der Waals surface area (Å²) in [6.45, 7) is 8.44.